The Kier molecular flexibility index (Phi) is 3.95. The fourth-order valence-electron chi connectivity index (χ4n) is 2.08. The van der Waals surface area contributed by atoms with Gasteiger partial charge in [0, 0.05) is 23.7 Å². The number of para-hydroxylation sites is 1. The van der Waals surface area contributed by atoms with E-state index in [1.807, 2.05) is 29.1 Å². The highest BCUT2D eigenvalue weighted by molar-refractivity contribution is 7.10. The number of aromatic nitrogens is 2. The van der Waals surface area contributed by atoms with Crippen molar-refractivity contribution in [1.29, 1.82) is 0 Å². The van der Waals surface area contributed by atoms with Crippen LogP contribution in [0.5, 0.6) is 0 Å². The predicted molar refractivity (Wildman–Crippen MR) is 83.1 cm³/mol. The molecular formula is C16H17N3S. The minimum Gasteiger partial charge on any atom is -0.304 e. The molecule has 0 spiro atoms. The van der Waals surface area contributed by atoms with Gasteiger partial charge in [-0.05, 0) is 36.6 Å². The number of nitrogens with zero attached hydrogens (tertiary/aromatic N) is 2. The monoisotopic (exact) mass is 283 g/mol. The van der Waals surface area contributed by atoms with Gasteiger partial charge in [0.15, 0.2) is 0 Å². The molecule has 0 aliphatic carbocycles. The maximum atomic E-state index is 4.59. The van der Waals surface area contributed by atoms with E-state index in [-0.39, 0.29) is 0 Å². The Balaban J connectivity index is 1.63. The van der Waals surface area contributed by atoms with Crippen LogP contribution in [0.15, 0.2) is 60.1 Å². The molecule has 2 aromatic heterocycles. The Morgan fingerprint density at radius 1 is 1.15 bits per heavy atom. The van der Waals surface area contributed by atoms with E-state index in [0.717, 1.165) is 17.9 Å². The zero-order chi connectivity index (χ0) is 13.8. The lowest BCUT2D eigenvalue weighted by Gasteiger charge is -2.10. The number of thiophene rings is 1. The maximum absolute atomic E-state index is 4.59. The van der Waals surface area contributed by atoms with E-state index in [0.29, 0.717) is 6.04 Å². The van der Waals surface area contributed by atoms with Crippen LogP contribution in [-0.2, 0) is 6.54 Å². The molecule has 0 bridgehead atoms. The normalized spacial score (nSPS) is 12.4. The Bertz CT molecular complexity index is 643. The average molecular weight is 283 g/mol. The molecule has 1 atom stereocenters. The predicted octanol–water partition coefficient (Wildman–Crippen LogP) is 3.78. The highest BCUT2D eigenvalue weighted by Crippen LogP contribution is 2.18. The van der Waals surface area contributed by atoms with E-state index in [1.54, 1.807) is 11.3 Å². The second kappa shape index (κ2) is 6.03. The van der Waals surface area contributed by atoms with Crippen molar-refractivity contribution in [3.05, 3.63) is 70.7 Å². The van der Waals surface area contributed by atoms with Crippen LogP contribution in [0.3, 0.4) is 0 Å². The van der Waals surface area contributed by atoms with Gasteiger partial charge in [0.05, 0.1) is 11.4 Å². The SMILES string of the molecule is CC(NCc1ccn(-c2ccccc2)n1)c1cccs1. The number of hydrogen-bond donors (Lipinski definition) is 1. The van der Waals surface area contributed by atoms with Crippen molar-refractivity contribution in [2.24, 2.45) is 0 Å². The van der Waals surface area contributed by atoms with E-state index in [1.165, 1.54) is 4.88 Å². The first-order valence-corrected chi connectivity index (χ1v) is 7.57. The molecule has 0 saturated heterocycles. The maximum Gasteiger partial charge on any atom is 0.0767 e. The summed E-state index contributed by atoms with van der Waals surface area (Å²) in [7, 11) is 0. The second-order valence-electron chi connectivity index (χ2n) is 4.71. The summed E-state index contributed by atoms with van der Waals surface area (Å²) in [4.78, 5) is 1.35. The summed E-state index contributed by atoms with van der Waals surface area (Å²) in [6.45, 7) is 2.96. The lowest BCUT2D eigenvalue weighted by molar-refractivity contribution is 0.572. The van der Waals surface area contributed by atoms with Gasteiger partial charge in [0.1, 0.15) is 0 Å². The van der Waals surface area contributed by atoms with Crippen molar-refractivity contribution >= 4 is 11.3 Å². The first-order chi connectivity index (χ1) is 9.83. The largest absolute Gasteiger partial charge is 0.304 e. The molecule has 0 saturated carbocycles. The first kappa shape index (κ1) is 13.1. The first-order valence-electron chi connectivity index (χ1n) is 6.70. The summed E-state index contributed by atoms with van der Waals surface area (Å²) in [5.74, 6) is 0. The van der Waals surface area contributed by atoms with Crippen LogP contribution in [0.1, 0.15) is 23.5 Å². The number of benzene rings is 1. The molecule has 1 unspecified atom stereocenters. The van der Waals surface area contributed by atoms with Crippen LogP contribution in [0.4, 0.5) is 0 Å². The van der Waals surface area contributed by atoms with Crippen LogP contribution in [-0.4, -0.2) is 9.78 Å². The van der Waals surface area contributed by atoms with E-state index in [2.05, 4.69) is 53.1 Å². The quantitative estimate of drug-likeness (QED) is 0.772. The summed E-state index contributed by atoms with van der Waals surface area (Å²) < 4.78 is 1.91. The third-order valence-electron chi connectivity index (χ3n) is 3.22. The van der Waals surface area contributed by atoms with E-state index in [4.69, 9.17) is 0 Å². The van der Waals surface area contributed by atoms with Gasteiger partial charge in [0.25, 0.3) is 0 Å². The van der Waals surface area contributed by atoms with E-state index >= 15 is 0 Å². The van der Waals surface area contributed by atoms with Gasteiger partial charge < -0.3 is 5.32 Å². The number of rotatable bonds is 5. The van der Waals surface area contributed by atoms with Gasteiger partial charge in [0.2, 0.25) is 0 Å². The second-order valence-corrected chi connectivity index (χ2v) is 5.68. The van der Waals surface area contributed by atoms with Gasteiger partial charge in [-0.15, -0.1) is 11.3 Å². The molecule has 0 fully saturated rings. The van der Waals surface area contributed by atoms with Crippen LogP contribution in [0.2, 0.25) is 0 Å². The van der Waals surface area contributed by atoms with Crippen LogP contribution in [0.25, 0.3) is 5.69 Å². The molecule has 3 nitrogen and oxygen atoms in total. The van der Waals surface area contributed by atoms with E-state index < -0.39 is 0 Å². The Morgan fingerprint density at radius 2 is 2.00 bits per heavy atom. The topological polar surface area (TPSA) is 29.9 Å². The number of hydrogen-bond acceptors (Lipinski definition) is 3. The van der Waals surface area contributed by atoms with Crippen LogP contribution >= 0.6 is 11.3 Å². The Labute approximate surface area is 122 Å². The minimum atomic E-state index is 0.358. The molecule has 0 aliphatic heterocycles. The van der Waals surface area contributed by atoms with Crippen molar-refractivity contribution in [3.8, 4) is 5.69 Å². The number of nitrogens with one attached hydrogen (secondary N) is 1. The molecule has 4 heteroatoms. The Hall–Kier alpha value is -1.91. The molecule has 0 aliphatic rings. The minimum absolute atomic E-state index is 0.358. The Morgan fingerprint density at radius 3 is 2.75 bits per heavy atom. The highest BCUT2D eigenvalue weighted by atomic mass is 32.1. The van der Waals surface area contributed by atoms with Crippen molar-refractivity contribution in [3.63, 3.8) is 0 Å². The highest BCUT2D eigenvalue weighted by Gasteiger charge is 2.07. The molecule has 0 amide bonds. The van der Waals surface area contributed by atoms with Gasteiger partial charge >= 0.3 is 0 Å². The smallest absolute Gasteiger partial charge is 0.0767 e. The lowest BCUT2D eigenvalue weighted by atomic mass is 10.2. The van der Waals surface area contributed by atoms with E-state index in [9.17, 15) is 0 Å². The van der Waals surface area contributed by atoms with Gasteiger partial charge in [-0.25, -0.2) is 4.68 Å². The molecule has 1 aromatic carbocycles. The summed E-state index contributed by atoms with van der Waals surface area (Å²) in [5, 5.41) is 10.2. The van der Waals surface area contributed by atoms with Crippen molar-refractivity contribution in [2.75, 3.05) is 0 Å². The third kappa shape index (κ3) is 2.98. The fraction of sp³-hybridized carbons (Fsp3) is 0.188. The zero-order valence-electron chi connectivity index (χ0n) is 11.4. The summed E-state index contributed by atoms with van der Waals surface area (Å²) >= 11 is 1.78. The van der Waals surface area contributed by atoms with Crippen LogP contribution in [0, 0.1) is 0 Å². The van der Waals surface area contributed by atoms with Gasteiger partial charge in [-0.3, -0.25) is 0 Å². The van der Waals surface area contributed by atoms with Crippen LogP contribution < -0.4 is 5.32 Å². The molecule has 102 valence electrons. The molecule has 20 heavy (non-hydrogen) atoms. The summed E-state index contributed by atoms with van der Waals surface area (Å²) in [6, 6.07) is 16.8. The molecule has 0 radical (unpaired) electrons. The fourth-order valence-corrected chi connectivity index (χ4v) is 2.84. The van der Waals surface area contributed by atoms with Crippen molar-refractivity contribution < 1.29 is 0 Å². The summed E-state index contributed by atoms with van der Waals surface area (Å²) in [6.07, 6.45) is 2.00. The van der Waals surface area contributed by atoms with Gasteiger partial charge in [-0.2, -0.15) is 5.10 Å². The molecule has 3 aromatic rings. The van der Waals surface area contributed by atoms with Crippen molar-refractivity contribution in [1.82, 2.24) is 15.1 Å². The molecule has 1 N–H and O–H groups in total. The zero-order valence-corrected chi connectivity index (χ0v) is 12.2. The standard InChI is InChI=1S/C16H17N3S/c1-13(16-8-5-11-20-16)17-12-14-9-10-19(18-14)15-6-3-2-4-7-15/h2-11,13,17H,12H2,1H3. The lowest BCUT2D eigenvalue weighted by Crippen LogP contribution is -2.17. The molecule has 3 rings (SSSR count). The van der Waals surface area contributed by atoms with Gasteiger partial charge in [-0.1, -0.05) is 24.3 Å². The summed E-state index contributed by atoms with van der Waals surface area (Å²) in [5.41, 5.74) is 2.14. The average Bonchev–Trinajstić information content (AvgIpc) is 3.17. The van der Waals surface area contributed by atoms with Crippen molar-refractivity contribution in [2.45, 2.75) is 19.5 Å². The molecule has 2 heterocycles. The third-order valence-corrected chi connectivity index (χ3v) is 4.28. The molecular weight excluding hydrogens is 266 g/mol.